The molecule has 0 aromatic heterocycles. The van der Waals surface area contributed by atoms with Crippen LogP contribution in [0.25, 0.3) is 0 Å². The number of amides is 1. The Hall–Kier alpha value is -1.67. The maximum absolute atomic E-state index is 14.2. The van der Waals surface area contributed by atoms with Gasteiger partial charge in [-0.05, 0) is 37.5 Å². The van der Waals surface area contributed by atoms with E-state index < -0.39 is 32.7 Å². The summed E-state index contributed by atoms with van der Waals surface area (Å²) in [6.45, 7) is 1.58. The molecule has 0 aliphatic carbocycles. The maximum atomic E-state index is 14.2. The van der Waals surface area contributed by atoms with E-state index in [2.05, 4.69) is 0 Å². The van der Waals surface area contributed by atoms with Gasteiger partial charge in [0.2, 0.25) is 15.9 Å². The Morgan fingerprint density at radius 3 is 2.67 bits per heavy atom. The Bertz CT molecular complexity index is 675. The largest absolute Gasteiger partial charge is 0.399 e. The van der Waals surface area contributed by atoms with Crippen molar-refractivity contribution in [2.75, 3.05) is 12.3 Å². The Kier molecular flexibility index (Phi) is 4.20. The van der Waals surface area contributed by atoms with Crippen molar-refractivity contribution in [3.05, 3.63) is 23.5 Å². The minimum atomic E-state index is -4.15. The molecule has 0 saturated carbocycles. The normalized spacial score (nSPS) is 20.4. The monoisotopic (exact) mass is 315 g/mol. The van der Waals surface area contributed by atoms with Gasteiger partial charge in [-0.15, -0.1) is 0 Å². The molecule has 21 heavy (non-hydrogen) atoms. The van der Waals surface area contributed by atoms with Crippen molar-refractivity contribution in [2.45, 2.75) is 37.1 Å². The van der Waals surface area contributed by atoms with Crippen LogP contribution in [0.1, 0.15) is 24.8 Å². The molecule has 8 heteroatoms. The highest BCUT2D eigenvalue weighted by molar-refractivity contribution is 7.89. The van der Waals surface area contributed by atoms with E-state index in [0.717, 1.165) is 10.4 Å². The van der Waals surface area contributed by atoms with E-state index in [1.807, 2.05) is 0 Å². The predicted octanol–water partition coefficient (Wildman–Crippen LogP) is 0.745. The molecule has 116 valence electrons. The molecule has 1 fully saturated rings. The fourth-order valence-electron chi connectivity index (χ4n) is 2.56. The van der Waals surface area contributed by atoms with Crippen molar-refractivity contribution >= 4 is 21.6 Å². The summed E-state index contributed by atoms with van der Waals surface area (Å²) in [4.78, 5) is 11.0. The van der Waals surface area contributed by atoms with Crippen LogP contribution in [0.15, 0.2) is 17.0 Å². The lowest BCUT2D eigenvalue weighted by Crippen LogP contribution is -2.50. The molecule has 0 bridgehead atoms. The first-order valence-electron chi connectivity index (χ1n) is 6.62. The lowest BCUT2D eigenvalue weighted by Gasteiger charge is -2.32. The Balaban J connectivity index is 2.53. The summed E-state index contributed by atoms with van der Waals surface area (Å²) in [6, 6.07) is 1.49. The number of nitrogens with zero attached hydrogens (tertiary/aromatic N) is 1. The van der Waals surface area contributed by atoms with E-state index in [9.17, 15) is 17.6 Å². The van der Waals surface area contributed by atoms with Crippen LogP contribution in [-0.2, 0) is 14.8 Å². The second-order valence-electron chi connectivity index (χ2n) is 5.18. The molecule has 1 unspecified atom stereocenters. The number of nitrogen functional groups attached to an aromatic ring is 1. The predicted molar refractivity (Wildman–Crippen MR) is 76.3 cm³/mol. The van der Waals surface area contributed by atoms with Gasteiger partial charge in [0.15, 0.2) is 0 Å². The number of nitrogens with two attached hydrogens (primary N) is 2. The molecule has 1 saturated heterocycles. The molecule has 1 heterocycles. The lowest BCUT2D eigenvalue weighted by molar-refractivity contribution is -0.122. The molecular weight excluding hydrogens is 297 g/mol. The number of primary amides is 1. The van der Waals surface area contributed by atoms with Crippen molar-refractivity contribution in [1.29, 1.82) is 0 Å². The van der Waals surface area contributed by atoms with Crippen molar-refractivity contribution in [3.63, 3.8) is 0 Å². The molecule has 1 aliphatic rings. The molecule has 6 nitrogen and oxygen atoms in total. The van der Waals surface area contributed by atoms with E-state index in [4.69, 9.17) is 11.5 Å². The summed E-state index contributed by atoms with van der Waals surface area (Å²) in [5.41, 5.74) is 11.2. The Labute approximate surface area is 123 Å². The summed E-state index contributed by atoms with van der Waals surface area (Å²) >= 11 is 0. The third kappa shape index (κ3) is 2.86. The number of hydrogen-bond donors (Lipinski definition) is 2. The van der Waals surface area contributed by atoms with Crippen molar-refractivity contribution in [1.82, 2.24) is 4.31 Å². The van der Waals surface area contributed by atoms with E-state index in [1.54, 1.807) is 0 Å². The zero-order chi connectivity index (χ0) is 15.8. The standard InChI is InChI=1S/C13H18FN3O3S/c1-8-6-9(15)7-11(12(8)14)21(19,20)17-5-3-2-4-10(17)13(16)18/h6-7,10H,2-5,15H2,1H3,(H2,16,18). The molecular formula is C13H18FN3O3S. The SMILES string of the molecule is Cc1cc(N)cc(S(=O)(=O)N2CCCCC2C(N)=O)c1F. The minimum Gasteiger partial charge on any atom is -0.399 e. The van der Waals surface area contributed by atoms with Crippen LogP contribution in [0.2, 0.25) is 0 Å². The Morgan fingerprint density at radius 2 is 2.05 bits per heavy atom. The minimum absolute atomic E-state index is 0.140. The van der Waals surface area contributed by atoms with Gasteiger partial charge in [-0.1, -0.05) is 6.42 Å². The summed E-state index contributed by atoms with van der Waals surface area (Å²) in [7, 11) is -4.15. The summed E-state index contributed by atoms with van der Waals surface area (Å²) in [5.74, 6) is -1.57. The van der Waals surface area contributed by atoms with Crippen molar-refractivity contribution < 1.29 is 17.6 Å². The maximum Gasteiger partial charge on any atom is 0.246 e. The van der Waals surface area contributed by atoms with Gasteiger partial charge in [0.05, 0.1) is 0 Å². The van der Waals surface area contributed by atoms with Gasteiger partial charge in [0.25, 0.3) is 0 Å². The number of carbonyl (C=O) groups is 1. The van der Waals surface area contributed by atoms with Gasteiger partial charge in [0.1, 0.15) is 16.8 Å². The highest BCUT2D eigenvalue weighted by Crippen LogP contribution is 2.29. The summed E-state index contributed by atoms with van der Waals surface area (Å²) in [5, 5.41) is 0. The number of halogens is 1. The molecule has 1 aromatic carbocycles. The zero-order valence-electron chi connectivity index (χ0n) is 11.7. The molecule has 1 aromatic rings. The number of aryl methyl sites for hydroxylation is 1. The second-order valence-corrected chi connectivity index (χ2v) is 7.04. The van der Waals surface area contributed by atoms with Crippen molar-refractivity contribution in [2.24, 2.45) is 5.73 Å². The highest BCUT2D eigenvalue weighted by atomic mass is 32.2. The zero-order valence-corrected chi connectivity index (χ0v) is 12.5. The molecule has 4 N–H and O–H groups in total. The van der Waals surface area contributed by atoms with Crippen LogP contribution in [0.4, 0.5) is 10.1 Å². The first-order valence-corrected chi connectivity index (χ1v) is 8.06. The number of piperidine rings is 1. The van der Waals surface area contributed by atoms with Gasteiger partial charge in [0, 0.05) is 12.2 Å². The average Bonchev–Trinajstić information content (AvgIpc) is 2.42. The average molecular weight is 315 g/mol. The van der Waals surface area contributed by atoms with Crippen LogP contribution >= 0.6 is 0 Å². The summed E-state index contributed by atoms with van der Waals surface area (Å²) in [6.07, 6.45) is 1.65. The first-order chi connectivity index (χ1) is 9.75. The molecule has 0 spiro atoms. The summed E-state index contributed by atoms with van der Waals surface area (Å²) < 4.78 is 40.5. The van der Waals surface area contributed by atoms with E-state index in [1.165, 1.54) is 13.0 Å². The van der Waals surface area contributed by atoms with Crippen LogP contribution < -0.4 is 11.5 Å². The number of sulfonamides is 1. The smallest absolute Gasteiger partial charge is 0.246 e. The number of rotatable bonds is 3. The van der Waals surface area contributed by atoms with E-state index in [0.29, 0.717) is 19.3 Å². The first kappa shape index (κ1) is 15.7. The van der Waals surface area contributed by atoms with Crippen LogP contribution in [0.5, 0.6) is 0 Å². The molecule has 2 rings (SSSR count). The van der Waals surface area contributed by atoms with E-state index in [-0.39, 0.29) is 17.8 Å². The second kappa shape index (κ2) is 5.61. The number of benzene rings is 1. The topological polar surface area (TPSA) is 106 Å². The third-order valence-electron chi connectivity index (χ3n) is 3.61. The van der Waals surface area contributed by atoms with Crippen LogP contribution in [0.3, 0.4) is 0 Å². The molecule has 1 aliphatic heterocycles. The van der Waals surface area contributed by atoms with Gasteiger partial charge in [-0.25, -0.2) is 12.8 Å². The highest BCUT2D eigenvalue weighted by Gasteiger charge is 2.38. The van der Waals surface area contributed by atoms with Gasteiger partial charge in [-0.2, -0.15) is 4.31 Å². The van der Waals surface area contributed by atoms with Gasteiger partial charge < -0.3 is 11.5 Å². The van der Waals surface area contributed by atoms with E-state index >= 15 is 0 Å². The number of hydrogen-bond acceptors (Lipinski definition) is 4. The van der Waals surface area contributed by atoms with Gasteiger partial charge >= 0.3 is 0 Å². The van der Waals surface area contributed by atoms with Crippen LogP contribution in [0, 0.1) is 12.7 Å². The lowest BCUT2D eigenvalue weighted by atomic mass is 10.0. The number of anilines is 1. The fourth-order valence-corrected chi connectivity index (χ4v) is 4.39. The Morgan fingerprint density at radius 1 is 1.38 bits per heavy atom. The van der Waals surface area contributed by atoms with Crippen molar-refractivity contribution in [3.8, 4) is 0 Å². The quantitative estimate of drug-likeness (QED) is 0.802. The number of carbonyl (C=O) groups excluding carboxylic acids is 1. The van der Waals surface area contributed by atoms with Gasteiger partial charge in [-0.3, -0.25) is 4.79 Å². The fraction of sp³-hybridized carbons (Fsp3) is 0.462. The van der Waals surface area contributed by atoms with Crippen LogP contribution in [-0.4, -0.2) is 31.2 Å². The molecule has 1 atom stereocenters. The third-order valence-corrected chi connectivity index (χ3v) is 5.52. The molecule has 0 radical (unpaired) electrons. The molecule has 1 amide bonds.